The molecule has 0 bridgehead atoms. The molecule has 0 spiro atoms. The number of carbonyl (C=O) groups is 3. The average Bonchev–Trinajstić information content (AvgIpc) is 2.98. The van der Waals surface area contributed by atoms with E-state index in [1.165, 1.54) is 4.57 Å². The van der Waals surface area contributed by atoms with Gasteiger partial charge in [0.15, 0.2) is 0 Å². The largest absolute Gasteiger partial charge is 0.465 e. The minimum Gasteiger partial charge on any atom is -0.465 e. The third-order valence-electron chi connectivity index (χ3n) is 4.74. The molecule has 3 rings (SSSR count). The third kappa shape index (κ3) is 5.05. The molecule has 11 heteroatoms. The van der Waals surface area contributed by atoms with Crippen LogP contribution in [0.1, 0.15) is 18.9 Å². The van der Waals surface area contributed by atoms with E-state index in [1.54, 1.807) is 22.8 Å². The lowest BCUT2D eigenvalue weighted by Crippen LogP contribution is -2.44. The second-order valence-electron chi connectivity index (χ2n) is 6.72. The Labute approximate surface area is 171 Å². The van der Waals surface area contributed by atoms with Crippen LogP contribution in [0.2, 0.25) is 0 Å². The van der Waals surface area contributed by atoms with Gasteiger partial charge in [-0.3, -0.25) is 24.0 Å². The van der Waals surface area contributed by atoms with E-state index in [0.717, 1.165) is 0 Å². The van der Waals surface area contributed by atoms with Gasteiger partial charge < -0.3 is 19.9 Å². The molecule has 1 aromatic heterocycles. The van der Waals surface area contributed by atoms with Crippen molar-refractivity contribution in [3.05, 3.63) is 34.7 Å². The highest BCUT2D eigenvalue weighted by Crippen LogP contribution is 2.23. The summed E-state index contributed by atoms with van der Waals surface area (Å²) in [5.41, 5.74) is 0.989. The predicted molar refractivity (Wildman–Crippen MR) is 105 cm³/mol. The Hall–Kier alpha value is -3.18. The van der Waals surface area contributed by atoms with E-state index in [-0.39, 0.29) is 44.2 Å². The summed E-state index contributed by atoms with van der Waals surface area (Å²) in [7, 11) is 0. The summed E-state index contributed by atoms with van der Waals surface area (Å²) >= 11 is 0. The zero-order valence-corrected chi connectivity index (χ0v) is 16.3. The number of nitrogens with zero attached hydrogens (tertiary/aromatic N) is 2. The number of nitrogens with one attached hydrogen (secondary N) is 2. The van der Waals surface area contributed by atoms with Crippen LogP contribution in [0.5, 0.6) is 0 Å². The predicted octanol–water partition coefficient (Wildman–Crippen LogP) is 0.0815. The molecule has 11 nitrogen and oxygen atoms in total. The molecule has 0 radical (unpaired) electrons. The number of rotatable bonds is 10. The number of hydrogen-bond acceptors (Lipinski definition) is 6. The van der Waals surface area contributed by atoms with Crippen molar-refractivity contribution in [3.63, 3.8) is 0 Å². The third-order valence-corrected chi connectivity index (χ3v) is 4.74. The maximum Gasteiger partial charge on any atom is 0.404 e. The molecule has 0 saturated carbocycles. The highest BCUT2D eigenvalue weighted by atomic mass is 16.5. The fraction of sp³-hybridized carbons (Fsp3) is 0.474. The van der Waals surface area contributed by atoms with Crippen LogP contribution in [-0.4, -0.2) is 65.1 Å². The normalized spacial score (nSPS) is 16.6. The molecule has 0 aliphatic carbocycles. The van der Waals surface area contributed by atoms with E-state index < -0.39 is 18.0 Å². The van der Waals surface area contributed by atoms with Crippen molar-refractivity contribution in [2.24, 2.45) is 0 Å². The van der Waals surface area contributed by atoms with Crippen LogP contribution in [0.3, 0.4) is 0 Å². The smallest absolute Gasteiger partial charge is 0.404 e. The monoisotopic (exact) mass is 420 g/mol. The second kappa shape index (κ2) is 10.0. The molecular formula is C19H24N4O7. The van der Waals surface area contributed by atoms with Crippen LogP contribution < -0.4 is 16.3 Å². The number of imide groups is 1. The van der Waals surface area contributed by atoms with Gasteiger partial charge in [0.25, 0.3) is 0 Å². The van der Waals surface area contributed by atoms with Gasteiger partial charge in [0.05, 0.1) is 44.0 Å². The lowest BCUT2D eigenvalue weighted by atomic mass is 10.1. The first-order valence-electron chi connectivity index (χ1n) is 9.65. The fourth-order valence-corrected chi connectivity index (χ4v) is 3.39. The van der Waals surface area contributed by atoms with Crippen molar-refractivity contribution in [2.45, 2.75) is 25.4 Å². The molecule has 1 saturated heterocycles. The molecule has 1 unspecified atom stereocenters. The Morgan fingerprint density at radius 1 is 1.10 bits per heavy atom. The summed E-state index contributed by atoms with van der Waals surface area (Å²) in [5.74, 6) is -0.801. The standard InChI is InChI=1S/C19H24N4O7/c24-16-6-5-15(17(25)21-16)23-14-4-2-1-3-13(14)22(19(23)28)8-10-30-12-11-29-9-7-20-18(26)27/h1-4,15,20H,5-12H2,(H,26,27)(H,21,24,25). The Morgan fingerprint density at radius 3 is 2.50 bits per heavy atom. The molecule has 30 heavy (non-hydrogen) atoms. The van der Waals surface area contributed by atoms with Gasteiger partial charge in [0.1, 0.15) is 6.04 Å². The van der Waals surface area contributed by atoms with Gasteiger partial charge in [0, 0.05) is 13.0 Å². The minimum absolute atomic E-state index is 0.188. The summed E-state index contributed by atoms with van der Waals surface area (Å²) in [6.07, 6.45) is -0.631. The van der Waals surface area contributed by atoms with E-state index in [9.17, 15) is 19.2 Å². The topological polar surface area (TPSA) is 141 Å². The number of carbonyl (C=O) groups excluding carboxylic acids is 2. The number of para-hydroxylation sites is 2. The van der Waals surface area contributed by atoms with Gasteiger partial charge in [-0.1, -0.05) is 12.1 Å². The summed E-state index contributed by atoms with van der Waals surface area (Å²) in [5, 5.41) is 12.9. The Balaban J connectivity index is 1.60. The number of benzene rings is 1. The summed E-state index contributed by atoms with van der Waals surface area (Å²) in [6, 6.07) is 6.46. The SMILES string of the molecule is O=C(O)NCCOCCOCCn1c(=O)n(C2CCC(=O)NC2=O)c2ccccc21. The first-order valence-corrected chi connectivity index (χ1v) is 9.65. The number of amides is 3. The maximum atomic E-state index is 13.0. The highest BCUT2D eigenvalue weighted by molar-refractivity contribution is 6.00. The molecule has 1 aliphatic heterocycles. The van der Waals surface area contributed by atoms with Crippen LogP contribution in [0, 0.1) is 0 Å². The molecule has 1 fully saturated rings. The van der Waals surface area contributed by atoms with Gasteiger partial charge in [-0.25, -0.2) is 9.59 Å². The number of carboxylic acid groups (broad SMARTS) is 1. The van der Waals surface area contributed by atoms with Crippen molar-refractivity contribution in [2.75, 3.05) is 33.0 Å². The van der Waals surface area contributed by atoms with Gasteiger partial charge in [0.2, 0.25) is 11.8 Å². The fourth-order valence-electron chi connectivity index (χ4n) is 3.39. The van der Waals surface area contributed by atoms with Crippen LogP contribution in [0.4, 0.5) is 4.79 Å². The van der Waals surface area contributed by atoms with Crippen molar-refractivity contribution >= 4 is 28.9 Å². The van der Waals surface area contributed by atoms with Crippen molar-refractivity contribution < 1.29 is 29.0 Å². The van der Waals surface area contributed by atoms with Crippen molar-refractivity contribution in [1.29, 1.82) is 0 Å². The molecule has 3 amide bonds. The van der Waals surface area contributed by atoms with Gasteiger partial charge in [-0.2, -0.15) is 0 Å². The highest BCUT2D eigenvalue weighted by Gasteiger charge is 2.31. The lowest BCUT2D eigenvalue weighted by Gasteiger charge is -2.21. The Morgan fingerprint density at radius 2 is 1.80 bits per heavy atom. The van der Waals surface area contributed by atoms with E-state index in [1.807, 2.05) is 6.07 Å². The Kier molecular flexibility index (Phi) is 7.20. The summed E-state index contributed by atoms with van der Waals surface area (Å²) in [4.78, 5) is 47.1. The number of aromatic nitrogens is 2. The van der Waals surface area contributed by atoms with Crippen LogP contribution >= 0.6 is 0 Å². The van der Waals surface area contributed by atoms with Crippen molar-refractivity contribution in [3.8, 4) is 0 Å². The van der Waals surface area contributed by atoms with E-state index >= 15 is 0 Å². The summed E-state index contributed by atoms with van der Waals surface area (Å²) in [6.45, 7) is 1.60. The Bertz CT molecular complexity index is 981. The van der Waals surface area contributed by atoms with Gasteiger partial charge in [-0.15, -0.1) is 0 Å². The van der Waals surface area contributed by atoms with Crippen molar-refractivity contribution in [1.82, 2.24) is 19.8 Å². The molecular weight excluding hydrogens is 396 g/mol. The molecule has 3 N–H and O–H groups in total. The molecule has 1 aliphatic rings. The second-order valence-corrected chi connectivity index (χ2v) is 6.72. The van der Waals surface area contributed by atoms with E-state index in [4.69, 9.17) is 14.6 Å². The van der Waals surface area contributed by atoms with E-state index in [0.29, 0.717) is 30.8 Å². The zero-order valence-electron chi connectivity index (χ0n) is 16.3. The van der Waals surface area contributed by atoms with Crippen LogP contribution in [-0.2, 0) is 25.6 Å². The van der Waals surface area contributed by atoms with Crippen LogP contribution in [0.25, 0.3) is 11.0 Å². The first kappa shape index (κ1) is 21.5. The zero-order chi connectivity index (χ0) is 21.5. The molecule has 1 atom stereocenters. The minimum atomic E-state index is -1.10. The maximum absolute atomic E-state index is 13.0. The van der Waals surface area contributed by atoms with Crippen LogP contribution in [0.15, 0.2) is 29.1 Å². The lowest BCUT2D eigenvalue weighted by molar-refractivity contribution is -0.135. The number of fused-ring (bicyclic) bond motifs is 1. The number of imidazole rings is 1. The first-order chi connectivity index (χ1) is 14.5. The van der Waals surface area contributed by atoms with E-state index in [2.05, 4.69) is 10.6 Å². The number of hydrogen-bond donors (Lipinski definition) is 3. The van der Waals surface area contributed by atoms with Gasteiger partial charge >= 0.3 is 11.8 Å². The molecule has 2 heterocycles. The van der Waals surface area contributed by atoms with Gasteiger partial charge in [-0.05, 0) is 18.6 Å². The molecule has 1 aromatic carbocycles. The quantitative estimate of drug-likeness (QED) is 0.365. The number of piperidine rings is 1. The number of ether oxygens (including phenoxy) is 2. The summed E-state index contributed by atoms with van der Waals surface area (Å²) < 4.78 is 13.7. The average molecular weight is 420 g/mol. The molecule has 2 aromatic rings. The molecule has 162 valence electrons.